The topological polar surface area (TPSA) is 29.4 Å². The van der Waals surface area contributed by atoms with Gasteiger partial charge in [-0.25, -0.2) is 13.6 Å². The van der Waals surface area contributed by atoms with Gasteiger partial charge in [0.25, 0.3) is 0 Å². The summed E-state index contributed by atoms with van der Waals surface area (Å²) in [6.07, 6.45) is 3.17. The summed E-state index contributed by atoms with van der Waals surface area (Å²) in [6, 6.07) is 2.47. The van der Waals surface area contributed by atoms with Crippen molar-refractivity contribution in [3.05, 3.63) is 33.8 Å². The summed E-state index contributed by atoms with van der Waals surface area (Å²) < 4.78 is 27.6. The largest absolute Gasteiger partial charge is 0.235 e. The molecule has 2 rings (SSSR count). The predicted molar refractivity (Wildman–Crippen MR) is 57.7 cm³/mol. The van der Waals surface area contributed by atoms with E-state index in [0.717, 1.165) is 6.42 Å². The lowest BCUT2D eigenvalue weighted by atomic mass is 9.72. The zero-order valence-corrected chi connectivity index (χ0v) is 9.85. The van der Waals surface area contributed by atoms with Crippen molar-refractivity contribution in [3.63, 3.8) is 0 Å². The fourth-order valence-electron chi connectivity index (χ4n) is 1.97. The van der Waals surface area contributed by atoms with E-state index in [-0.39, 0.29) is 10.0 Å². The second kappa shape index (κ2) is 4.07. The summed E-state index contributed by atoms with van der Waals surface area (Å²) >= 11 is 3.00. The number of aliphatic imine (C=N–C) groups is 1. The monoisotopic (exact) mass is 287 g/mol. The summed E-state index contributed by atoms with van der Waals surface area (Å²) in [5.74, 6) is -1.35. The molecule has 84 valence electrons. The first-order valence-electron chi connectivity index (χ1n) is 4.84. The molecule has 1 aromatic rings. The minimum Gasteiger partial charge on any atom is -0.211 e. The van der Waals surface area contributed by atoms with Crippen LogP contribution >= 0.6 is 15.9 Å². The van der Waals surface area contributed by atoms with Crippen LogP contribution in [-0.4, -0.2) is 6.08 Å². The molecule has 0 heterocycles. The molecule has 0 spiro atoms. The van der Waals surface area contributed by atoms with E-state index in [1.54, 1.807) is 0 Å². The van der Waals surface area contributed by atoms with Crippen LogP contribution in [0, 0.1) is 11.6 Å². The van der Waals surface area contributed by atoms with Crippen LogP contribution in [0.4, 0.5) is 8.78 Å². The van der Waals surface area contributed by atoms with Gasteiger partial charge in [-0.1, -0.05) is 0 Å². The summed E-state index contributed by atoms with van der Waals surface area (Å²) in [5, 5.41) is 0. The zero-order chi connectivity index (χ0) is 11.8. The van der Waals surface area contributed by atoms with E-state index in [1.807, 2.05) is 0 Å². The Morgan fingerprint density at radius 3 is 2.56 bits per heavy atom. The van der Waals surface area contributed by atoms with Gasteiger partial charge in [0, 0.05) is 0 Å². The SMILES string of the molecule is O=C=NC1(c2c(F)ccc(Br)c2F)CCC1. The molecule has 1 saturated carbocycles. The summed E-state index contributed by atoms with van der Waals surface area (Å²) in [4.78, 5) is 13.9. The molecule has 0 N–H and O–H groups in total. The number of isocyanates is 1. The first kappa shape index (κ1) is 11.4. The Kier molecular flexibility index (Phi) is 2.91. The molecule has 2 nitrogen and oxygen atoms in total. The average molecular weight is 288 g/mol. The number of hydrogen-bond acceptors (Lipinski definition) is 2. The Hall–Kier alpha value is -1.06. The highest BCUT2D eigenvalue weighted by Crippen LogP contribution is 2.47. The summed E-state index contributed by atoms with van der Waals surface area (Å²) in [6.45, 7) is 0. The molecule has 0 amide bonds. The molecule has 0 unspecified atom stereocenters. The number of halogens is 3. The van der Waals surface area contributed by atoms with Gasteiger partial charge in [-0.15, -0.1) is 0 Å². The summed E-state index contributed by atoms with van der Waals surface area (Å²) in [5.41, 5.74) is -1.17. The number of hydrogen-bond donors (Lipinski definition) is 0. The van der Waals surface area contributed by atoms with Gasteiger partial charge in [0.15, 0.2) is 0 Å². The van der Waals surface area contributed by atoms with E-state index in [1.165, 1.54) is 18.2 Å². The van der Waals surface area contributed by atoms with Crippen molar-refractivity contribution >= 4 is 22.0 Å². The number of rotatable bonds is 2. The molecule has 0 aromatic heterocycles. The van der Waals surface area contributed by atoms with Crippen LogP contribution in [0.15, 0.2) is 21.6 Å². The van der Waals surface area contributed by atoms with E-state index in [2.05, 4.69) is 20.9 Å². The first-order chi connectivity index (χ1) is 7.60. The molecular formula is C11H8BrF2NO. The smallest absolute Gasteiger partial charge is 0.211 e. The van der Waals surface area contributed by atoms with Crippen LogP contribution in [0.1, 0.15) is 24.8 Å². The second-order valence-electron chi connectivity index (χ2n) is 3.81. The first-order valence-corrected chi connectivity index (χ1v) is 5.63. The van der Waals surface area contributed by atoms with E-state index < -0.39 is 17.2 Å². The van der Waals surface area contributed by atoms with Crippen LogP contribution in [0.3, 0.4) is 0 Å². The van der Waals surface area contributed by atoms with Crippen molar-refractivity contribution < 1.29 is 13.6 Å². The molecule has 1 aliphatic rings. The fourth-order valence-corrected chi connectivity index (χ4v) is 2.30. The molecule has 0 saturated heterocycles. The van der Waals surface area contributed by atoms with E-state index in [0.29, 0.717) is 12.8 Å². The minimum absolute atomic E-state index is 0.128. The van der Waals surface area contributed by atoms with Gasteiger partial charge in [0.05, 0.1) is 10.0 Å². The van der Waals surface area contributed by atoms with Crippen molar-refractivity contribution in [2.45, 2.75) is 24.8 Å². The lowest BCUT2D eigenvalue weighted by Gasteiger charge is -2.37. The minimum atomic E-state index is -1.04. The third-order valence-electron chi connectivity index (χ3n) is 2.95. The Morgan fingerprint density at radius 1 is 1.38 bits per heavy atom. The van der Waals surface area contributed by atoms with Gasteiger partial charge in [-0.2, -0.15) is 4.99 Å². The molecular weight excluding hydrogens is 280 g/mol. The normalized spacial score (nSPS) is 17.4. The highest BCUT2D eigenvalue weighted by molar-refractivity contribution is 9.10. The maximum Gasteiger partial charge on any atom is 0.235 e. The van der Waals surface area contributed by atoms with E-state index >= 15 is 0 Å². The Labute approximate surface area is 99.5 Å². The van der Waals surface area contributed by atoms with Crippen molar-refractivity contribution in [2.24, 2.45) is 4.99 Å². The highest BCUT2D eigenvalue weighted by Gasteiger charge is 2.43. The van der Waals surface area contributed by atoms with E-state index in [9.17, 15) is 13.6 Å². The van der Waals surface area contributed by atoms with Crippen LogP contribution in [0.2, 0.25) is 0 Å². The third kappa shape index (κ3) is 1.60. The molecule has 1 aliphatic carbocycles. The number of nitrogens with zero attached hydrogens (tertiary/aromatic N) is 1. The van der Waals surface area contributed by atoms with Gasteiger partial charge in [0.1, 0.15) is 17.2 Å². The van der Waals surface area contributed by atoms with Crippen LogP contribution in [0.5, 0.6) is 0 Å². The lowest BCUT2D eigenvalue weighted by Crippen LogP contribution is -2.34. The third-order valence-corrected chi connectivity index (χ3v) is 3.56. The molecule has 16 heavy (non-hydrogen) atoms. The van der Waals surface area contributed by atoms with Gasteiger partial charge in [0.2, 0.25) is 6.08 Å². The second-order valence-corrected chi connectivity index (χ2v) is 4.66. The predicted octanol–water partition coefficient (Wildman–Crippen LogP) is 3.44. The van der Waals surface area contributed by atoms with Gasteiger partial charge in [-0.05, 0) is 47.3 Å². The van der Waals surface area contributed by atoms with Crippen LogP contribution in [0.25, 0.3) is 0 Å². The Balaban J connectivity index is 2.62. The zero-order valence-electron chi connectivity index (χ0n) is 8.27. The highest BCUT2D eigenvalue weighted by atomic mass is 79.9. The van der Waals surface area contributed by atoms with Gasteiger partial charge in [-0.3, -0.25) is 0 Å². The molecule has 0 radical (unpaired) electrons. The molecule has 0 bridgehead atoms. The lowest BCUT2D eigenvalue weighted by molar-refractivity contribution is 0.238. The van der Waals surface area contributed by atoms with Gasteiger partial charge < -0.3 is 0 Å². The molecule has 0 atom stereocenters. The Morgan fingerprint density at radius 2 is 2.06 bits per heavy atom. The maximum atomic E-state index is 13.8. The molecule has 0 aliphatic heterocycles. The average Bonchev–Trinajstić information content (AvgIpc) is 2.20. The quantitative estimate of drug-likeness (QED) is 0.465. The summed E-state index contributed by atoms with van der Waals surface area (Å²) in [7, 11) is 0. The van der Waals surface area contributed by atoms with Crippen LogP contribution in [-0.2, 0) is 10.3 Å². The van der Waals surface area contributed by atoms with Crippen molar-refractivity contribution in [1.29, 1.82) is 0 Å². The fraction of sp³-hybridized carbons (Fsp3) is 0.364. The maximum absolute atomic E-state index is 13.8. The van der Waals surface area contributed by atoms with Crippen molar-refractivity contribution in [2.75, 3.05) is 0 Å². The van der Waals surface area contributed by atoms with E-state index in [4.69, 9.17) is 0 Å². The molecule has 5 heteroatoms. The van der Waals surface area contributed by atoms with Crippen molar-refractivity contribution in [1.82, 2.24) is 0 Å². The molecule has 1 fully saturated rings. The van der Waals surface area contributed by atoms with Gasteiger partial charge >= 0.3 is 0 Å². The number of carbonyl (C=O) groups excluding carboxylic acids is 1. The molecule has 1 aromatic carbocycles. The number of benzene rings is 1. The van der Waals surface area contributed by atoms with Crippen LogP contribution < -0.4 is 0 Å². The Bertz CT molecular complexity index is 479. The standard InChI is InChI=1S/C11H8BrF2NO/c12-7-2-3-8(13)9(10(7)14)11(15-6-16)4-1-5-11/h2-3H,1,4-5H2. The van der Waals surface area contributed by atoms with Crippen molar-refractivity contribution in [3.8, 4) is 0 Å².